The van der Waals surface area contributed by atoms with Gasteiger partial charge in [0, 0.05) is 11.6 Å². The Hall–Kier alpha value is -2.04. The number of anilines is 2. The molecule has 1 fully saturated rings. The molecule has 2 aliphatic rings. The summed E-state index contributed by atoms with van der Waals surface area (Å²) >= 11 is 0. The zero-order chi connectivity index (χ0) is 12.5. The zero-order valence-corrected chi connectivity index (χ0v) is 9.86. The van der Waals surface area contributed by atoms with Crippen molar-refractivity contribution < 1.29 is 14.3 Å². The van der Waals surface area contributed by atoms with Gasteiger partial charge in [0.2, 0.25) is 5.91 Å². The van der Waals surface area contributed by atoms with Crippen LogP contribution in [0.15, 0.2) is 18.2 Å². The highest BCUT2D eigenvalue weighted by atomic mass is 16.5. The molecule has 1 heterocycles. The van der Waals surface area contributed by atoms with Crippen LogP contribution in [0.5, 0.6) is 5.75 Å². The minimum atomic E-state index is -0.176. The molecule has 94 valence electrons. The molecule has 3 rings (SSSR count). The van der Waals surface area contributed by atoms with E-state index in [9.17, 15) is 9.59 Å². The number of hydrogen-bond donors (Lipinski definition) is 2. The van der Waals surface area contributed by atoms with E-state index in [-0.39, 0.29) is 24.3 Å². The van der Waals surface area contributed by atoms with Crippen molar-refractivity contribution in [3.8, 4) is 5.75 Å². The molecule has 0 saturated heterocycles. The van der Waals surface area contributed by atoms with Crippen molar-refractivity contribution >= 4 is 23.2 Å². The van der Waals surface area contributed by atoms with Crippen molar-refractivity contribution in [2.75, 3.05) is 17.2 Å². The number of carbonyl (C=O) groups is 2. The standard InChI is InChI=1S/C13H14N2O3/c16-12-7-18-11-5-4-9(6-10(11)15-12)14-13(17)8-2-1-3-8/h4-6,8H,1-3,7H2,(H,14,17)(H,15,16). The predicted octanol–water partition coefficient (Wildman–Crippen LogP) is 1.76. The highest BCUT2D eigenvalue weighted by Crippen LogP contribution is 2.32. The molecule has 0 spiro atoms. The quantitative estimate of drug-likeness (QED) is 0.835. The van der Waals surface area contributed by atoms with Crippen molar-refractivity contribution in [1.82, 2.24) is 0 Å². The summed E-state index contributed by atoms with van der Waals surface area (Å²) in [7, 11) is 0. The van der Waals surface area contributed by atoms with E-state index in [4.69, 9.17) is 4.74 Å². The van der Waals surface area contributed by atoms with Gasteiger partial charge in [-0.05, 0) is 31.0 Å². The first kappa shape index (κ1) is 11.1. The average Bonchev–Trinajstić information content (AvgIpc) is 2.25. The average molecular weight is 246 g/mol. The fourth-order valence-electron chi connectivity index (χ4n) is 2.08. The lowest BCUT2D eigenvalue weighted by Gasteiger charge is -2.24. The van der Waals surface area contributed by atoms with Gasteiger partial charge in [-0.1, -0.05) is 6.42 Å². The van der Waals surface area contributed by atoms with Crippen LogP contribution in [0.1, 0.15) is 19.3 Å². The molecular weight excluding hydrogens is 232 g/mol. The van der Waals surface area contributed by atoms with E-state index in [1.54, 1.807) is 18.2 Å². The maximum atomic E-state index is 11.8. The Kier molecular flexibility index (Phi) is 2.66. The molecule has 2 amide bonds. The molecule has 1 aliphatic heterocycles. The van der Waals surface area contributed by atoms with E-state index in [2.05, 4.69) is 10.6 Å². The van der Waals surface area contributed by atoms with E-state index in [0.717, 1.165) is 19.3 Å². The number of fused-ring (bicyclic) bond motifs is 1. The minimum Gasteiger partial charge on any atom is -0.482 e. The molecule has 2 N–H and O–H groups in total. The van der Waals surface area contributed by atoms with Crippen LogP contribution in [0.3, 0.4) is 0 Å². The Balaban J connectivity index is 1.75. The molecule has 5 nitrogen and oxygen atoms in total. The fourth-order valence-corrected chi connectivity index (χ4v) is 2.08. The molecule has 0 unspecified atom stereocenters. The number of nitrogens with one attached hydrogen (secondary N) is 2. The minimum absolute atomic E-state index is 0.0424. The number of benzene rings is 1. The molecule has 1 aliphatic carbocycles. The van der Waals surface area contributed by atoms with Crippen molar-refractivity contribution in [3.05, 3.63) is 18.2 Å². The van der Waals surface area contributed by atoms with Gasteiger partial charge >= 0.3 is 0 Å². The summed E-state index contributed by atoms with van der Waals surface area (Å²) in [4.78, 5) is 23.0. The maximum Gasteiger partial charge on any atom is 0.262 e. The first-order valence-electron chi connectivity index (χ1n) is 6.10. The van der Waals surface area contributed by atoms with Gasteiger partial charge in [0.15, 0.2) is 6.61 Å². The second kappa shape index (κ2) is 4.33. The van der Waals surface area contributed by atoms with E-state index in [0.29, 0.717) is 17.1 Å². The summed E-state index contributed by atoms with van der Waals surface area (Å²) in [6, 6.07) is 5.26. The smallest absolute Gasteiger partial charge is 0.262 e. The summed E-state index contributed by atoms with van der Waals surface area (Å²) in [5, 5.41) is 5.58. The molecule has 1 saturated carbocycles. The number of ether oxygens (including phenoxy) is 1. The van der Waals surface area contributed by atoms with Gasteiger partial charge in [-0.2, -0.15) is 0 Å². The first-order valence-corrected chi connectivity index (χ1v) is 6.10. The topological polar surface area (TPSA) is 67.4 Å². The number of carbonyl (C=O) groups excluding carboxylic acids is 2. The summed E-state index contributed by atoms with van der Waals surface area (Å²) in [6.45, 7) is 0.0424. The van der Waals surface area contributed by atoms with Gasteiger partial charge < -0.3 is 15.4 Å². The van der Waals surface area contributed by atoms with E-state index in [1.165, 1.54) is 0 Å². The Morgan fingerprint density at radius 3 is 2.94 bits per heavy atom. The van der Waals surface area contributed by atoms with Gasteiger partial charge in [-0.3, -0.25) is 9.59 Å². The molecule has 0 atom stereocenters. The Morgan fingerprint density at radius 2 is 2.22 bits per heavy atom. The Morgan fingerprint density at radius 1 is 1.39 bits per heavy atom. The van der Waals surface area contributed by atoms with Crippen LogP contribution in [0.4, 0.5) is 11.4 Å². The van der Waals surface area contributed by atoms with Gasteiger partial charge in [0.25, 0.3) is 5.91 Å². The maximum absolute atomic E-state index is 11.8. The molecule has 1 aromatic carbocycles. The number of amides is 2. The van der Waals surface area contributed by atoms with Crippen LogP contribution >= 0.6 is 0 Å². The van der Waals surface area contributed by atoms with Crippen LogP contribution in [-0.4, -0.2) is 18.4 Å². The summed E-state index contributed by atoms with van der Waals surface area (Å²) in [5.74, 6) is 0.664. The first-order chi connectivity index (χ1) is 8.72. The van der Waals surface area contributed by atoms with Gasteiger partial charge in [-0.15, -0.1) is 0 Å². The summed E-state index contributed by atoms with van der Waals surface area (Å²) in [5.41, 5.74) is 1.30. The zero-order valence-electron chi connectivity index (χ0n) is 9.86. The third-order valence-corrected chi connectivity index (χ3v) is 3.36. The summed E-state index contributed by atoms with van der Waals surface area (Å²) < 4.78 is 5.25. The predicted molar refractivity (Wildman–Crippen MR) is 66.5 cm³/mol. The second-order valence-corrected chi connectivity index (χ2v) is 4.66. The van der Waals surface area contributed by atoms with E-state index in [1.807, 2.05) is 0 Å². The summed E-state index contributed by atoms with van der Waals surface area (Å²) in [6.07, 6.45) is 3.07. The number of rotatable bonds is 2. The lowest BCUT2D eigenvalue weighted by Crippen LogP contribution is -2.28. The van der Waals surface area contributed by atoms with E-state index < -0.39 is 0 Å². The highest BCUT2D eigenvalue weighted by Gasteiger charge is 2.25. The van der Waals surface area contributed by atoms with Crippen molar-refractivity contribution in [1.29, 1.82) is 0 Å². The van der Waals surface area contributed by atoms with Gasteiger partial charge in [-0.25, -0.2) is 0 Å². The Labute approximate surface area is 105 Å². The van der Waals surface area contributed by atoms with Crippen LogP contribution in [0.25, 0.3) is 0 Å². The van der Waals surface area contributed by atoms with Crippen LogP contribution < -0.4 is 15.4 Å². The molecule has 18 heavy (non-hydrogen) atoms. The van der Waals surface area contributed by atoms with Gasteiger partial charge in [0.1, 0.15) is 5.75 Å². The monoisotopic (exact) mass is 246 g/mol. The van der Waals surface area contributed by atoms with Crippen molar-refractivity contribution in [3.63, 3.8) is 0 Å². The molecular formula is C13H14N2O3. The van der Waals surface area contributed by atoms with Crippen LogP contribution in [0.2, 0.25) is 0 Å². The third kappa shape index (κ3) is 2.03. The lowest BCUT2D eigenvalue weighted by atomic mass is 9.85. The SMILES string of the molecule is O=C1COc2ccc(NC(=O)C3CCC3)cc2N1. The van der Waals surface area contributed by atoms with Crippen molar-refractivity contribution in [2.45, 2.75) is 19.3 Å². The number of hydrogen-bond acceptors (Lipinski definition) is 3. The lowest BCUT2D eigenvalue weighted by molar-refractivity contribution is -0.122. The van der Waals surface area contributed by atoms with Crippen LogP contribution in [-0.2, 0) is 9.59 Å². The van der Waals surface area contributed by atoms with Gasteiger partial charge in [0.05, 0.1) is 5.69 Å². The largest absolute Gasteiger partial charge is 0.482 e. The van der Waals surface area contributed by atoms with Crippen LogP contribution in [0, 0.1) is 5.92 Å². The molecule has 1 aromatic rings. The Bertz CT molecular complexity index is 509. The van der Waals surface area contributed by atoms with E-state index >= 15 is 0 Å². The van der Waals surface area contributed by atoms with Crippen molar-refractivity contribution in [2.24, 2.45) is 5.92 Å². The fraction of sp³-hybridized carbons (Fsp3) is 0.385. The third-order valence-electron chi connectivity index (χ3n) is 3.36. The highest BCUT2D eigenvalue weighted by molar-refractivity contribution is 5.98. The molecule has 0 bridgehead atoms. The normalized spacial score (nSPS) is 18.1. The molecule has 0 radical (unpaired) electrons. The second-order valence-electron chi connectivity index (χ2n) is 4.66. The molecule has 5 heteroatoms. The molecule has 0 aromatic heterocycles.